The van der Waals surface area contributed by atoms with E-state index < -0.39 is 47.2 Å². The van der Waals surface area contributed by atoms with Gasteiger partial charge in [-0.15, -0.1) is 23.2 Å². The van der Waals surface area contributed by atoms with Crippen LogP contribution in [-0.2, 0) is 28.7 Å². The highest BCUT2D eigenvalue weighted by molar-refractivity contribution is 6.19. The molecule has 1 aromatic carbocycles. The summed E-state index contributed by atoms with van der Waals surface area (Å²) in [4.78, 5) is 54.8. The molecule has 0 aliphatic heterocycles. The van der Waals surface area contributed by atoms with E-state index in [2.05, 4.69) is 0 Å². The quantitative estimate of drug-likeness (QED) is 0.279. The number of phenols is 1. The fourth-order valence-electron chi connectivity index (χ4n) is 4.16. The fourth-order valence-corrected chi connectivity index (χ4v) is 4.64. The highest BCUT2D eigenvalue weighted by atomic mass is 35.5. The lowest BCUT2D eigenvalue weighted by atomic mass is 9.63. The van der Waals surface area contributed by atoms with E-state index in [4.69, 9.17) is 32.7 Å². The molecule has 2 rings (SSSR count). The molecular weight excluding hydrogens is 473 g/mol. The molecule has 0 radical (unpaired) electrons. The first-order chi connectivity index (χ1) is 15.8. The summed E-state index contributed by atoms with van der Waals surface area (Å²) >= 11 is 11.7. The van der Waals surface area contributed by atoms with Gasteiger partial charge in [-0.05, 0) is 31.5 Å². The van der Waals surface area contributed by atoms with Crippen LogP contribution in [0, 0.1) is 17.8 Å². The number of nitrogens with zero attached hydrogens (tertiary/aromatic N) is 1. The molecule has 0 aromatic heterocycles. The Balaban J connectivity index is 2.59. The lowest BCUT2D eigenvalue weighted by Gasteiger charge is -2.39. The Morgan fingerprint density at radius 2 is 1.36 bits per heavy atom. The zero-order valence-electron chi connectivity index (χ0n) is 18.7. The zero-order valence-corrected chi connectivity index (χ0v) is 20.2. The molecule has 1 N–H and O–H groups in total. The molecule has 0 amide bonds. The number of benzene rings is 1. The second-order valence-electron chi connectivity index (χ2n) is 7.61. The van der Waals surface area contributed by atoms with E-state index in [0.29, 0.717) is 18.7 Å². The van der Waals surface area contributed by atoms with E-state index in [9.17, 15) is 24.3 Å². The van der Waals surface area contributed by atoms with E-state index in [0.717, 1.165) is 0 Å². The molecule has 1 aliphatic carbocycles. The molecule has 0 bridgehead atoms. The number of carbonyl (C=O) groups excluding carboxylic acids is 4. The maximum Gasteiger partial charge on any atom is 0.317 e. The summed E-state index contributed by atoms with van der Waals surface area (Å²) in [5, 5.41) is 9.68. The van der Waals surface area contributed by atoms with Gasteiger partial charge < -0.3 is 14.6 Å². The summed E-state index contributed by atoms with van der Waals surface area (Å²) in [5.74, 6) is -7.53. The first-order valence-electron chi connectivity index (χ1n) is 10.8. The Kier molecular flexibility index (Phi) is 10.6. The molecule has 0 spiro atoms. The van der Waals surface area contributed by atoms with Crippen LogP contribution in [-0.4, -0.2) is 78.1 Å². The van der Waals surface area contributed by atoms with Crippen LogP contribution >= 0.6 is 23.2 Å². The number of ether oxygens (including phenoxy) is 2. The van der Waals surface area contributed by atoms with Gasteiger partial charge in [0.15, 0.2) is 11.6 Å². The van der Waals surface area contributed by atoms with Gasteiger partial charge >= 0.3 is 11.9 Å². The van der Waals surface area contributed by atoms with Crippen LogP contribution < -0.4 is 0 Å². The highest BCUT2D eigenvalue weighted by Gasteiger charge is 2.56. The van der Waals surface area contributed by atoms with Gasteiger partial charge in [0.2, 0.25) is 0 Å². The summed E-state index contributed by atoms with van der Waals surface area (Å²) in [6.45, 7) is 3.99. The number of esters is 2. The lowest BCUT2D eigenvalue weighted by Crippen LogP contribution is -2.55. The van der Waals surface area contributed by atoms with Crippen molar-refractivity contribution < 1.29 is 33.8 Å². The number of halogens is 2. The van der Waals surface area contributed by atoms with Crippen molar-refractivity contribution in [1.82, 2.24) is 4.90 Å². The van der Waals surface area contributed by atoms with Crippen molar-refractivity contribution in [3.8, 4) is 5.75 Å². The first-order valence-corrected chi connectivity index (χ1v) is 11.9. The van der Waals surface area contributed by atoms with E-state index in [-0.39, 0.29) is 37.3 Å². The van der Waals surface area contributed by atoms with Gasteiger partial charge in [-0.2, -0.15) is 0 Å². The van der Waals surface area contributed by atoms with Crippen molar-refractivity contribution in [3.63, 3.8) is 0 Å². The minimum Gasteiger partial charge on any atom is -0.508 e. The predicted molar refractivity (Wildman–Crippen MR) is 122 cm³/mol. The number of Topliss-reactive ketones (excluding diaryl/α,β-unsaturated/α-hetero) is 2. The Labute approximate surface area is 203 Å². The lowest BCUT2D eigenvalue weighted by molar-refractivity contribution is -0.164. The predicted octanol–water partition coefficient (Wildman–Crippen LogP) is 2.38. The summed E-state index contributed by atoms with van der Waals surface area (Å²) in [6.07, 6.45) is 0. The Morgan fingerprint density at radius 1 is 0.909 bits per heavy atom. The second kappa shape index (κ2) is 12.9. The minimum absolute atomic E-state index is 0.0226. The maximum atomic E-state index is 13.6. The molecule has 0 heterocycles. The Bertz CT molecular complexity index is 802. The smallest absolute Gasteiger partial charge is 0.317 e. The molecule has 1 aliphatic rings. The minimum atomic E-state index is -1.39. The summed E-state index contributed by atoms with van der Waals surface area (Å²) in [6, 6.07) is 5.69. The van der Waals surface area contributed by atoms with E-state index in [1.165, 1.54) is 24.3 Å². The van der Waals surface area contributed by atoms with Gasteiger partial charge in [-0.25, -0.2) is 0 Å². The van der Waals surface area contributed by atoms with Crippen molar-refractivity contribution >= 4 is 46.7 Å². The van der Waals surface area contributed by atoms with Gasteiger partial charge in [0.1, 0.15) is 17.6 Å². The third-order valence-electron chi connectivity index (χ3n) is 5.62. The highest BCUT2D eigenvalue weighted by Crippen LogP contribution is 2.43. The maximum absolute atomic E-state index is 13.6. The normalized spacial score (nSPS) is 22.9. The third kappa shape index (κ3) is 6.46. The molecule has 1 fully saturated rings. The summed E-state index contributed by atoms with van der Waals surface area (Å²) in [7, 11) is 0. The van der Waals surface area contributed by atoms with Crippen molar-refractivity contribution in [2.75, 3.05) is 44.6 Å². The topological polar surface area (TPSA) is 110 Å². The van der Waals surface area contributed by atoms with Gasteiger partial charge in [0.25, 0.3) is 0 Å². The number of phenolic OH excluding ortho intramolecular Hbond substituents is 1. The largest absolute Gasteiger partial charge is 0.508 e. The molecule has 0 saturated heterocycles. The average molecular weight is 502 g/mol. The van der Waals surface area contributed by atoms with E-state index in [1.807, 2.05) is 0 Å². The molecule has 10 heteroatoms. The third-order valence-corrected chi connectivity index (χ3v) is 5.96. The van der Waals surface area contributed by atoms with Gasteiger partial charge in [-0.3, -0.25) is 24.1 Å². The molecule has 33 heavy (non-hydrogen) atoms. The second-order valence-corrected chi connectivity index (χ2v) is 8.37. The van der Waals surface area contributed by atoms with Crippen molar-refractivity contribution in [2.24, 2.45) is 17.8 Å². The van der Waals surface area contributed by atoms with Crippen molar-refractivity contribution in [3.05, 3.63) is 29.8 Å². The average Bonchev–Trinajstić information content (AvgIpc) is 2.77. The molecule has 8 nitrogen and oxygen atoms in total. The number of aromatic hydroxyl groups is 1. The van der Waals surface area contributed by atoms with Crippen LogP contribution in [0.25, 0.3) is 0 Å². The first kappa shape index (κ1) is 27.1. The molecule has 1 saturated carbocycles. The Morgan fingerprint density at radius 3 is 1.76 bits per heavy atom. The van der Waals surface area contributed by atoms with E-state index in [1.54, 1.807) is 18.7 Å². The van der Waals surface area contributed by atoms with Crippen LogP contribution in [0.15, 0.2) is 24.3 Å². The van der Waals surface area contributed by atoms with Gasteiger partial charge in [-0.1, -0.05) is 12.1 Å². The molecule has 1 aromatic rings. The van der Waals surface area contributed by atoms with Crippen LogP contribution in [0.3, 0.4) is 0 Å². The van der Waals surface area contributed by atoms with Crippen LogP contribution in [0.2, 0.25) is 0 Å². The molecule has 182 valence electrons. The number of carbonyl (C=O) groups is 4. The summed E-state index contributed by atoms with van der Waals surface area (Å²) < 4.78 is 10.3. The molecule has 2 unspecified atom stereocenters. The number of hydrogen-bond donors (Lipinski definition) is 1. The van der Waals surface area contributed by atoms with Crippen molar-refractivity contribution in [2.45, 2.75) is 19.8 Å². The number of ketones is 2. The van der Waals surface area contributed by atoms with Gasteiger partial charge in [0, 0.05) is 37.3 Å². The van der Waals surface area contributed by atoms with E-state index >= 15 is 0 Å². The van der Waals surface area contributed by atoms with Gasteiger partial charge in [0.05, 0.1) is 19.1 Å². The van der Waals surface area contributed by atoms with Crippen molar-refractivity contribution in [1.29, 1.82) is 0 Å². The Hall–Kier alpha value is -2.16. The standard InChI is InChI=1S/C23H29Cl2NO7/c1-3-32-22(30)18-17(14-5-7-15(27)8-6-14)19(23(31)33-4-2)21(29)16(20(18)28)13-26(11-9-24)12-10-25/h5-8,16-19,27H,3-4,9-13H2,1-2H3. The number of rotatable bonds is 11. The van der Waals surface area contributed by atoms with Crippen LogP contribution in [0.5, 0.6) is 5.75 Å². The zero-order chi connectivity index (χ0) is 24.5. The van der Waals surface area contributed by atoms with Crippen LogP contribution in [0.4, 0.5) is 0 Å². The molecule has 2 atom stereocenters. The summed E-state index contributed by atoms with van der Waals surface area (Å²) in [5.41, 5.74) is 0.377. The number of alkyl halides is 2. The fraction of sp³-hybridized carbons (Fsp3) is 0.565. The van der Waals surface area contributed by atoms with Crippen LogP contribution in [0.1, 0.15) is 25.3 Å². The SMILES string of the molecule is CCOC(=O)C1C(=O)C(CN(CCCl)CCCl)C(=O)C(C(=O)OCC)C1c1ccc(O)cc1. The molecular formula is C23H29Cl2NO7. The number of hydrogen-bond acceptors (Lipinski definition) is 8. The monoisotopic (exact) mass is 501 g/mol.